The highest BCUT2D eigenvalue weighted by atomic mass is 19.1. The van der Waals surface area contributed by atoms with Crippen LogP contribution >= 0.6 is 0 Å². The zero-order valence-corrected chi connectivity index (χ0v) is 21.4. The number of amides is 1. The van der Waals surface area contributed by atoms with Crippen LogP contribution in [-0.4, -0.2) is 43.9 Å². The maximum atomic E-state index is 13.8. The molecule has 2 atom stereocenters. The molecule has 0 saturated heterocycles. The van der Waals surface area contributed by atoms with Crippen molar-refractivity contribution in [3.05, 3.63) is 94.6 Å². The van der Waals surface area contributed by atoms with Crippen LogP contribution in [0.1, 0.15) is 29.2 Å². The van der Waals surface area contributed by atoms with Crippen LogP contribution in [0.15, 0.2) is 60.7 Å². The lowest BCUT2D eigenvalue weighted by molar-refractivity contribution is -0.122. The van der Waals surface area contributed by atoms with Crippen LogP contribution in [0.4, 0.5) is 8.78 Å². The van der Waals surface area contributed by atoms with Gasteiger partial charge >= 0.3 is 0 Å². The average molecular weight is 513 g/mol. The minimum atomic E-state index is -1.02. The van der Waals surface area contributed by atoms with Crippen LogP contribution in [0.3, 0.4) is 0 Å². The molecule has 0 aromatic heterocycles. The molecule has 37 heavy (non-hydrogen) atoms. The van der Waals surface area contributed by atoms with Crippen molar-refractivity contribution in [3.63, 3.8) is 0 Å². The first kappa shape index (κ1) is 28.1. The minimum absolute atomic E-state index is 0.0294. The lowest BCUT2D eigenvalue weighted by Gasteiger charge is -2.25. The fraction of sp³-hybridized carbons (Fsp3) is 0.345. The second kappa shape index (κ2) is 13.7. The maximum Gasteiger partial charge on any atom is 0.224 e. The van der Waals surface area contributed by atoms with E-state index in [0.29, 0.717) is 29.2 Å². The van der Waals surface area contributed by atoms with E-state index in [1.54, 1.807) is 18.2 Å². The predicted octanol–water partition coefficient (Wildman–Crippen LogP) is 3.97. The van der Waals surface area contributed by atoms with Gasteiger partial charge in [-0.1, -0.05) is 43.3 Å². The average Bonchev–Trinajstić information content (AvgIpc) is 2.87. The van der Waals surface area contributed by atoms with Gasteiger partial charge < -0.3 is 25.2 Å². The number of halogens is 2. The molecule has 0 unspecified atom stereocenters. The molecule has 3 N–H and O–H groups in total. The largest absolute Gasteiger partial charge is 0.493 e. The molecule has 0 aliphatic carbocycles. The molecule has 0 bridgehead atoms. The number of hydrogen-bond donors (Lipinski definition) is 3. The zero-order valence-electron chi connectivity index (χ0n) is 21.4. The third kappa shape index (κ3) is 8.27. The second-order valence-corrected chi connectivity index (χ2v) is 8.86. The van der Waals surface area contributed by atoms with Crippen LogP contribution < -0.4 is 20.1 Å². The standard InChI is InChI=1S/C29H34F2N2O4/c1-4-19-7-5-8-20(11-19)17-32-18-26(34)25(14-21-12-23(30)16-24(31)13-21)33-28(35)15-22-9-6-10-27(36-2)29(22)37-3/h5-13,16,25-26,32,34H,4,14-15,17-18H2,1-3H3,(H,33,35)/t25-,26+/m0/s1. The molecule has 0 saturated carbocycles. The number of carbonyl (C=O) groups excluding carboxylic acids is 1. The Morgan fingerprint density at radius 1 is 0.946 bits per heavy atom. The molecule has 0 radical (unpaired) electrons. The zero-order chi connectivity index (χ0) is 26.8. The van der Waals surface area contributed by atoms with Crippen molar-refractivity contribution in [2.75, 3.05) is 20.8 Å². The molecule has 3 aromatic rings. The van der Waals surface area contributed by atoms with Gasteiger partial charge in [-0.05, 0) is 47.7 Å². The first-order valence-electron chi connectivity index (χ1n) is 12.2. The van der Waals surface area contributed by atoms with Gasteiger partial charge in [0.2, 0.25) is 5.91 Å². The summed E-state index contributed by atoms with van der Waals surface area (Å²) >= 11 is 0. The summed E-state index contributed by atoms with van der Waals surface area (Å²) in [5, 5.41) is 17.0. The molecule has 0 heterocycles. The van der Waals surface area contributed by atoms with Gasteiger partial charge in [0.1, 0.15) is 11.6 Å². The van der Waals surface area contributed by atoms with Crippen LogP contribution in [0.25, 0.3) is 0 Å². The number of benzene rings is 3. The van der Waals surface area contributed by atoms with Crippen molar-refractivity contribution in [2.45, 2.75) is 44.9 Å². The number of hydrogen-bond acceptors (Lipinski definition) is 5. The number of para-hydroxylation sites is 1. The normalized spacial score (nSPS) is 12.6. The van der Waals surface area contributed by atoms with Gasteiger partial charge in [-0.2, -0.15) is 0 Å². The van der Waals surface area contributed by atoms with Crippen molar-refractivity contribution in [2.24, 2.45) is 0 Å². The fourth-order valence-electron chi connectivity index (χ4n) is 4.26. The van der Waals surface area contributed by atoms with Gasteiger partial charge in [-0.15, -0.1) is 0 Å². The lowest BCUT2D eigenvalue weighted by Crippen LogP contribution is -2.49. The molecular weight excluding hydrogens is 478 g/mol. The first-order valence-corrected chi connectivity index (χ1v) is 12.2. The minimum Gasteiger partial charge on any atom is -0.493 e. The number of carbonyl (C=O) groups is 1. The van der Waals surface area contributed by atoms with Crippen molar-refractivity contribution in [1.29, 1.82) is 0 Å². The van der Waals surface area contributed by atoms with Gasteiger partial charge in [0, 0.05) is 24.7 Å². The summed E-state index contributed by atoms with van der Waals surface area (Å²) in [5.41, 5.74) is 3.23. The topological polar surface area (TPSA) is 79.8 Å². The van der Waals surface area contributed by atoms with Crippen LogP contribution in [0.2, 0.25) is 0 Å². The third-order valence-electron chi connectivity index (χ3n) is 6.11. The summed E-state index contributed by atoms with van der Waals surface area (Å²) in [4.78, 5) is 13.0. The summed E-state index contributed by atoms with van der Waals surface area (Å²) in [6, 6.07) is 15.8. The molecule has 0 fully saturated rings. The van der Waals surface area contributed by atoms with Crippen molar-refractivity contribution < 1.29 is 28.2 Å². The summed E-state index contributed by atoms with van der Waals surface area (Å²) in [6.45, 7) is 2.78. The van der Waals surface area contributed by atoms with Crippen molar-refractivity contribution in [1.82, 2.24) is 10.6 Å². The van der Waals surface area contributed by atoms with Gasteiger partial charge in [-0.25, -0.2) is 8.78 Å². The van der Waals surface area contributed by atoms with Gasteiger partial charge in [0.25, 0.3) is 0 Å². The van der Waals surface area contributed by atoms with E-state index in [1.165, 1.54) is 31.9 Å². The Kier molecular flexibility index (Phi) is 10.4. The molecule has 3 aromatic carbocycles. The Labute approximate surface area is 216 Å². The second-order valence-electron chi connectivity index (χ2n) is 8.86. The highest BCUT2D eigenvalue weighted by Crippen LogP contribution is 2.31. The van der Waals surface area contributed by atoms with E-state index in [2.05, 4.69) is 29.7 Å². The molecule has 6 nitrogen and oxygen atoms in total. The highest BCUT2D eigenvalue weighted by Gasteiger charge is 2.23. The van der Waals surface area contributed by atoms with E-state index >= 15 is 0 Å². The maximum absolute atomic E-state index is 13.8. The van der Waals surface area contributed by atoms with Crippen molar-refractivity contribution in [3.8, 4) is 11.5 Å². The Morgan fingerprint density at radius 3 is 2.32 bits per heavy atom. The Morgan fingerprint density at radius 2 is 1.65 bits per heavy atom. The summed E-state index contributed by atoms with van der Waals surface area (Å²) < 4.78 is 38.3. The van der Waals surface area contributed by atoms with E-state index in [9.17, 15) is 18.7 Å². The van der Waals surface area contributed by atoms with Gasteiger partial charge in [0.15, 0.2) is 11.5 Å². The first-order chi connectivity index (χ1) is 17.8. The van der Waals surface area contributed by atoms with Gasteiger partial charge in [0.05, 0.1) is 32.8 Å². The van der Waals surface area contributed by atoms with E-state index < -0.39 is 23.8 Å². The number of nitrogens with one attached hydrogen (secondary N) is 2. The molecule has 8 heteroatoms. The van der Waals surface area contributed by atoms with Crippen LogP contribution in [-0.2, 0) is 30.6 Å². The van der Waals surface area contributed by atoms with E-state index in [0.717, 1.165) is 18.1 Å². The van der Waals surface area contributed by atoms with E-state index in [4.69, 9.17) is 9.47 Å². The third-order valence-corrected chi connectivity index (χ3v) is 6.11. The number of aliphatic hydroxyl groups is 1. The van der Waals surface area contributed by atoms with Gasteiger partial charge in [-0.3, -0.25) is 4.79 Å². The monoisotopic (exact) mass is 512 g/mol. The summed E-state index contributed by atoms with van der Waals surface area (Å²) in [6.07, 6.45) is -0.0773. The Bertz CT molecular complexity index is 1170. The Hall–Kier alpha value is -3.49. The number of ether oxygens (including phenoxy) is 2. The predicted molar refractivity (Wildman–Crippen MR) is 139 cm³/mol. The number of aliphatic hydroxyl groups excluding tert-OH is 1. The van der Waals surface area contributed by atoms with Crippen LogP contribution in [0, 0.1) is 11.6 Å². The Balaban J connectivity index is 1.72. The fourth-order valence-corrected chi connectivity index (χ4v) is 4.26. The number of methoxy groups -OCH3 is 2. The molecular formula is C29H34F2N2O4. The molecule has 1 amide bonds. The summed E-state index contributed by atoms with van der Waals surface area (Å²) in [7, 11) is 3.00. The SMILES string of the molecule is CCc1cccc(CNC[C@@H](O)[C@H](Cc2cc(F)cc(F)c2)NC(=O)Cc2cccc(OC)c2OC)c1. The smallest absolute Gasteiger partial charge is 0.224 e. The molecule has 0 aliphatic heterocycles. The molecule has 198 valence electrons. The van der Waals surface area contributed by atoms with Crippen LogP contribution in [0.5, 0.6) is 11.5 Å². The summed E-state index contributed by atoms with van der Waals surface area (Å²) in [5.74, 6) is -0.867. The van der Waals surface area contributed by atoms with E-state index in [-0.39, 0.29) is 25.3 Å². The lowest BCUT2D eigenvalue weighted by atomic mass is 9.99. The number of rotatable bonds is 13. The number of aryl methyl sites for hydroxylation is 1. The molecule has 0 spiro atoms. The van der Waals surface area contributed by atoms with Crippen molar-refractivity contribution >= 4 is 5.91 Å². The highest BCUT2D eigenvalue weighted by molar-refractivity contribution is 5.80. The quantitative estimate of drug-likeness (QED) is 0.323. The van der Waals surface area contributed by atoms with E-state index in [1.807, 2.05) is 12.1 Å². The molecule has 3 rings (SSSR count). The molecule has 0 aliphatic rings.